The predicted molar refractivity (Wildman–Crippen MR) is 157 cm³/mol. The normalized spacial score (nSPS) is 14.4. The Morgan fingerprint density at radius 2 is 2.00 bits per heavy atom. The van der Waals surface area contributed by atoms with Crippen molar-refractivity contribution in [3.63, 3.8) is 0 Å². The number of benzene rings is 2. The second kappa shape index (κ2) is 13.3. The number of halogens is 2. The van der Waals surface area contributed by atoms with Crippen molar-refractivity contribution in [3.8, 4) is 0 Å². The SMILES string of the molecule is CN(C(=O)NCc1cccc(F)c1Cl)[C@@H](CCCN1C=CN2CN=NC2=C1)COC(=O)Nc1cc2ccccc2cn1. The van der Waals surface area contributed by atoms with E-state index < -0.39 is 24.0 Å². The third-order valence-electron chi connectivity index (χ3n) is 6.95. The number of azo groups is 1. The van der Waals surface area contributed by atoms with E-state index in [2.05, 4.69) is 25.8 Å². The fourth-order valence-electron chi connectivity index (χ4n) is 4.53. The van der Waals surface area contributed by atoms with Crippen molar-refractivity contribution in [1.82, 2.24) is 25.0 Å². The molecule has 3 heterocycles. The number of likely N-dealkylation sites (N-methyl/N-ethyl adjacent to an activating group) is 1. The molecule has 3 aromatic rings. The Morgan fingerprint density at radius 1 is 1.17 bits per heavy atom. The van der Waals surface area contributed by atoms with Crippen molar-refractivity contribution in [1.29, 1.82) is 0 Å². The van der Waals surface area contributed by atoms with E-state index in [1.54, 1.807) is 25.4 Å². The number of carbonyl (C=O) groups excluding carboxylic acids is 2. The van der Waals surface area contributed by atoms with Gasteiger partial charge in [0.25, 0.3) is 0 Å². The van der Waals surface area contributed by atoms with E-state index >= 15 is 0 Å². The average Bonchev–Trinajstić information content (AvgIpc) is 3.47. The summed E-state index contributed by atoms with van der Waals surface area (Å²) >= 11 is 6.04. The number of ether oxygens (including phenoxy) is 1. The maximum absolute atomic E-state index is 13.8. The molecule has 11 nitrogen and oxygen atoms in total. The number of carbonyl (C=O) groups is 2. The zero-order valence-corrected chi connectivity index (χ0v) is 23.7. The van der Waals surface area contributed by atoms with Crippen LogP contribution in [0.1, 0.15) is 18.4 Å². The minimum Gasteiger partial charge on any atom is -0.447 e. The van der Waals surface area contributed by atoms with Crippen LogP contribution >= 0.6 is 11.6 Å². The maximum Gasteiger partial charge on any atom is 0.412 e. The number of aromatic nitrogens is 1. The van der Waals surface area contributed by atoms with Gasteiger partial charge >= 0.3 is 12.1 Å². The Morgan fingerprint density at radius 3 is 2.86 bits per heavy atom. The van der Waals surface area contributed by atoms with Crippen LogP contribution < -0.4 is 10.6 Å². The molecule has 0 fully saturated rings. The molecule has 2 aliphatic rings. The van der Waals surface area contributed by atoms with Crippen molar-refractivity contribution in [2.24, 2.45) is 10.2 Å². The number of pyridine rings is 1. The number of amides is 3. The Hall–Kier alpha value is -4.71. The van der Waals surface area contributed by atoms with E-state index in [1.165, 1.54) is 17.0 Å². The molecule has 13 heteroatoms. The molecular formula is C29H30ClFN8O3. The van der Waals surface area contributed by atoms with Gasteiger partial charge in [-0.25, -0.2) is 19.0 Å². The Labute approximate surface area is 247 Å². The van der Waals surface area contributed by atoms with Gasteiger partial charge in [-0.15, -0.1) is 5.11 Å². The van der Waals surface area contributed by atoms with Crippen molar-refractivity contribution in [2.45, 2.75) is 25.4 Å². The Kier molecular flexibility index (Phi) is 9.12. The lowest BCUT2D eigenvalue weighted by atomic mass is 10.1. The number of hydrogen-bond acceptors (Lipinski definition) is 8. The first kappa shape index (κ1) is 28.8. The summed E-state index contributed by atoms with van der Waals surface area (Å²) in [7, 11) is 1.62. The van der Waals surface area contributed by atoms with E-state index in [1.807, 2.05) is 52.7 Å². The fraction of sp³-hybridized carbons (Fsp3) is 0.276. The summed E-state index contributed by atoms with van der Waals surface area (Å²) in [6.07, 6.45) is 7.97. The lowest BCUT2D eigenvalue weighted by Crippen LogP contribution is -2.46. The van der Waals surface area contributed by atoms with Crippen LogP contribution in [0, 0.1) is 5.82 Å². The van der Waals surface area contributed by atoms with Gasteiger partial charge in [0.15, 0.2) is 5.82 Å². The van der Waals surface area contributed by atoms with E-state index in [9.17, 15) is 14.0 Å². The van der Waals surface area contributed by atoms with Crippen LogP contribution in [0.25, 0.3) is 10.8 Å². The van der Waals surface area contributed by atoms with Crippen LogP contribution in [0.5, 0.6) is 0 Å². The molecule has 0 radical (unpaired) electrons. The highest BCUT2D eigenvalue weighted by Gasteiger charge is 2.23. The van der Waals surface area contributed by atoms with E-state index in [4.69, 9.17) is 16.3 Å². The molecule has 3 amide bonds. The second-order valence-electron chi connectivity index (χ2n) is 9.79. The minimum absolute atomic E-state index is 0.0385. The molecule has 218 valence electrons. The average molecular weight is 593 g/mol. The van der Waals surface area contributed by atoms with Gasteiger partial charge in [-0.3, -0.25) is 5.32 Å². The third kappa shape index (κ3) is 7.13. The predicted octanol–water partition coefficient (Wildman–Crippen LogP) is 5.88. The van der Waals surface area contributed by atoms with E-state index in [0.29, 0.717) is 37.4 Å². The van der Waals surface area contributed by atoms with Crippen LogP contribution in [-0.4, -0.2) is 64.7 Å². The summed E-state index contributed by atoms with van der Waals surface area (Å²) in [6, 6.07) is 13.0. The van der Waals surface area contributed by atoms with Gasteiger partial charge < -0.3 is 24.8 Å². The molecular weight excluding hydrogens is 563 g/mol. The van der Waals surface area contributed by atoms with Crippen LogP contribution in [0.15, 0.2) is 89.4 Å². The van der Waals surface area contributed by atoms with Gasteiger partial charge in [-0.1, -0.05) is 48.0 Å². The summed E-state index contributed by atoms with van der Waals surface area (Å²) in [5, 5.41) is 15.4. The molecule has 0 spiro atoms. The summed E-state index contributed by atoms with van der Waals surface area (Å²) in [6.45, 7) is 1.15. The Bertz CT molecular complexity index is 1550. The summed E-state index contributed by atoms with van der Waals surface area (Å²) < 4.78 is 19.4. The number of anilines is 1. The lowest BCUT2D eigenvalue weighted by Gasteiger charge is -2.29. The fourth-order valence-corrected chi connectivity index (χ4v) is 4.72. The standard InChI is InChI=1S/C29H30ClFN8O3/c1-37(28(40)33-16-22-8-4-10-24(31)27(22)30)23(9-5-11-38-12-13-39-19-34-36-26(39)17-38)18-42-29(41)35-25-14-20-6-2-3-7-21(20)15-32-25/h2-4,6-8,10,12-15,17,23H,5,9,11,16,18-19H2,1H3,(H,33,40)(H,32,35,41)/t23-/m0/s1. The molecule has 0 unspecified atom stereocenters. The summed E-state index contributed by atoms with van der Waals surface area (Å²) in [5.74, 6) is 0.569. The number of nitrogens with one attached hydrogen (secondary N) is 2. The molecule has 2 N–H and O–H groups in total. The van der Waals surface area contributed by atoms with Crippen LogP contribution in [0.3, 0.4) is 0 Å². The van der Waals surface area contributed by atoms with Crippen LogP contribution in [-0.2, 0) is 11.3 Å². The molecule has 0 saturated carbocycles. The molecule has 1 aromatic heterocycles. The van der Waals surface area contributed by atoms with Crippen molar-refractivity contribution in [2.75, 3.05) is 32.2 Å². The van der Waals surface area contributed by atoms with Crippen LogP contribution in [0.4, 0.5) is 19.8 Å². The highest BCUT2D eigenvalue weighted by Crippen LogP contribution is 2.22. The van der Waals surface area contributed by atoms with Gasteiger partial charge in [0, 0.05) is 50.3 Å². The first-order chi connectivity index (χ1) is 20.4. The van der Waals surface area contributed by atoms with E-state index in [-0.39, 0.29) is 18.2 Å². The largest absolute Gasteiger partial charge is 0.447 e. The monoisotopic (exact) mass is 592 g/mol. The smallest absolute Gasteiger partial charge is 0.412 e. The Balaban J connectivity index is 1.19. The number of urea groups is 1. The van der Waals surface area contributed by atoms with Gasteiger partial charge in [0.2, 0.25) is 0 Å². The minimum atomic E-state index is -0.682. The molecule has 1 atom stereocenters. The van der Waals surface area contributed by atoms with Crippen molar-refractivity contribution in [3.05, 3.63) is 95.6 Å². The first-order valence-corrected chi connectivity index (χ1v) is 13.8. The molecule has 0 bridgehead atoms. The summed E-state index contributed by atoms with van der Waals surface area (Å²) in [4.78, 5) is 35.4. The molecule has 2 aromatic carbocycles. The number of rotatable bonds is 10. The molecule has 42 heavy (non-hydrogen) atoms. The highest BCUT2D eigenvalue weighted by atomic mass is 35.5. The molecule has 2 aliphatic heterocycles. The van der Waals surface area contributed by atoms with E-state index in [0.717, 1.165) is 16.6 Å². The molecule has 0 aliphatic carbocycles. The third-order valence-corrected chi connectivity index (χ3v) is 7.38. The highest BCUT2D eigenvalue weighted by molar-refractivity contribution is 6.31. The van der Waals surface area contributed by atoms with Gasteiger partial charge in [0.05, 0.1) is 11.1 Å². The number of nitrogens with zero attached hydrogens (tertiary/aromatic N) is 6. The maximum atomic E-state index is 13.8. The van der Waals surface area contributed by atoms with Gasteiger partial charge in [-0.2, -0.15) is 5.11 Å². The number of fused-ring (bicyclic) bond motifs is 2. The van der Waals surface area contributed by atoms with Gasteiger partial charge in [-0.05, 0) is 35.9 Å². The summed E-state index contributed by atoms with van der Waals surface area (Å²) in [5.41, 5.74) is 0.455. The van der Waals surface area contributed by atoms with Crippen molar-refractivity contribution < 1.29 is 18.7 Å². The zero-order chi connectivity index (χ0) is 29.5. The van der Waals surface area contributed by atoms with Gasteiger partial charge in [0.1, 0.15) is 24.9 Å². The first-order valence-electron chi connectivity index (χ1n) is 13.4. The van der Waals surface area contributed by atoms with Crippen molar-refractivity contribution >= 4 is 40.3 Å². The second-order valence-corrected chi connectivity index (χ2v) is 10.2. The topological polar surface area (TPSA) is 115 Å². The quantitative estimate of drug-likeness (QED) is 0.304. The molecule has 0 saturated heterocycles. The zero-order valence-electron chi connectivity index (χ0n) is 22.9. The lowest BCUT2D eigenvalue weighted by molar-refractivity contribution is 0.112. The molecule has 5 rings (SSSR count). The van der Waals surface area contributed by atoms with Crippen LogP contribution in [0.2, 0.25) is 5.02 Å². The number of hydrogen-bond donors (Lipinski definition) is 2.